The summed E-state index contributed by atoms with van der Waals surface area (Å²) in [4.78, 5) is 20.4. The number of carbonyl (C=O) groups is 1. The first-order chi connectivity index (χ1) is 13.0. The van der Waals surface area contributed by atoms with Crippen molar-refractivity contribution in [2.24, 2.45) is 5.92 Å². The molecule has 27 heavy (non-hydrogen) atoms. The van der Waals surface area contributed by atoms with Crippen LogP contribution in [0.1, 0.15) is 35.9 Å². The molecule has 6 heteroatoms. The minimum atomic E-state index is -0.169. The van der Waals surface area contributed by atoms with Crippen molar-refractivity contribution in [2.75, 3.05) is 25.5 Å². The van der Waals surface area contributed by atoms with E-state index in [1.54, 1.807) is 24.5 Å². The number of nitrogens with zero attached hydrogens (tertiary/aromatic N) is 2. The Labute approximate surface area is 165 Å². The van der Waals surface area contributed by atoms with Crippen LogP contribution in [-0.2, 0) is 11.3 Å². The van der Waals surface area contributed by atoms with Crippen molar-refractivity contribution in [3.8, 4) is 5.75 Å². The first kappa shape index (κ1) is 19.6. The van der Waals surface area contributed by atoms with Crippen LogP contribution in [0, 0.1) is 12.8 Å². The van der Waals surface area contributed by atoms with Crippen molar-refractivity contribution >= 4 is 28.5 Å². The van der Waals surface area contributed by atoms with Gasteiger partial charge in [0, 0.05) is 17.5 Å². The number of carbonyl (C=O) groups excluding carboxylic acids is 1. The molecule has 0 unspecified atom stereocenters. The van der Waals surface area contributed by atoms with Gasteiger partial charge < -0.3 is 4.74 Å². The quantitative estimate of drug-likeness (QED) is 0.752. The van der Waals surface area contributed by atoms with Crippen LogP contribution in [0.15, 0.2) is 30.3 Å². The van der Waals surface area contributed by atoms with Gasteiger partial charge in [0.05, 0.1) is 12.8 Å². The number of nitrogens with one attached hydrogen (secondary N) is 1. The molecule has 1 aliphatic rings. The molecule has 2 heterocycles. The highest BCUT2D eigenvalue weighted by Crippen LogP contribution is 2.26. The molecule has 1 aromatic carbocycles. The smallest absolute Gasteiger partial charge is 0.250 e. The molecule has 1 aromatic heterocycles. The van der Waals surface area contributed by atoms with E-state index >= 15 is 0 Å². The number of ether oxygens (including phenoxy) is 1. The Morgan fingerprint density at radius 2 is 2.04 bits per heavy atom. The van der Waals surface area contributed by atoms with E-state index in [2.05, 4.69) is 22.1 Å². The largest absolute Gasteiger partial charge is 0.497 e. The van der Waals surface area contributed by atoms with Gasteiger partial charge in [-0.25, -0.2) is 4.98 Å². The second-order valence-electron chi connectivity index (χ2n) is 7.08. The van der Waals surface area contributed by atoms with E-state index in [0.717, 1.165) is 42.6 Å². The number of hydrogen-bond acceptors (Lipinski definition) is 5. The number of likely N-dealkylation sites (tertiary alicyclic amines) is 1. The van der Waals surface area contributed by atoms with E-state index < -0.39 is 0 Å². The number of thiazole rings is 1. The minimum absolute atomic E-state index is 0.169. The predicted molar refractivity (Wildman–Crippen MR) is 111 cm³/mol. The van der Waals surface area contributed by atoms with Crippen LogP contribution >= 0.6 is 11.3 Å². The highest BCUT2D eigenvalue weighted by Gasteiger charge is 2.18. The van der Waals surface area contributed by atoms with Crippen molar-refractivity contribution in [3.05, 3.63) is 46.5 Å². The maximum Gasteiger partial charge on any atom is 0.250 e. The zero-order valence-electron chi connectivity index (χ0n) is 16.2. The van der Waals surface area contributed by atoms with Gasteiger partial charge in [-0.1, -0.05) is 19.1 Å². The molecule has 1 fully saturated rings. The SMILES string of the molecule is COc1ccc(/C=C/C(=O)Nc2nc(C)c(CN3CCC(C)CC3)s2)cc1. The van der Waals surface area contributed by atoms with Gasteiger partial charge >= 0.3 is 0 Å². The molecular formula is C21H27N3O2S. The van der Waals surface area contributed by atoms with E-state index in [1.165, 1.54) is 23.8 Å². The number of piperidine rings is 1. The maximum absolute atomic E-state index is 12.2. The van der Waals surface area contributed by atoms with Gasteiger partial charge in [0.1, 0.15) is 5.75 Å². The highest BCUT2D eigenvalue weighted by molar-refractivity contribution is 7.15. The second kappa shape index (κ2) is 9.15. The molecule has 0 radical (unpaired) electrons. The summed E-state index contributed by atoms with van der Waals surface area (Å²) < 4.78 is 5.13. The first-order valence-electron chi connectivity index (χ1n) is 9.35. The standard InChI is InChI=1S/C21H27N3O2S/c1-15-10-12-24(13-11-15)14-19-16(2)22-21(27-19)23-20(25)9-6-17-4-7-18(26-3)8-5-17/h4-9,15H,10-14H2,1-3H3,(H,22,23,25)/b9-6+. The summed E-state index contributed by atoms with van der Waals surface area (Å²) in [6.45, 7) is 7.55. The normalized spacial score (nSPS) is 16.0. The van der Waals surface area contributed by atoms with E-state index in [0.29, 0.717) is 5.13 Å². The molecule has 1 amide bonds. The van der Waals surface area contributed by atoms with Gasteiger partial charge in [0.2, 0.25) is 5.91 Å². The lowest BCUT2D eigenvalue weighted by atomic mass is 9.99. The fourth-order valence-electron chi connectivity index (χ4n) is 3.09. The third-order valence-corrected chi connectivity index (χ3v) is 5.97. The Morgan fingerprint density at radius 3 is 2.70 bits per heavy atom. The minimum Gasteiger partial charge on any atom is -0.497 e. The second-order valence-corrected chi connectivity index (χ2v) is 8.17. The zero-order valence-corrected chi connectivity index (χ0v) is 17.0. The topological polar surface area (TPSA) is 54.5 Å². The van der Waals surface area contributed by atoms with Crippen molar-refractivity contribution in [1.29, 1.82) is 0 Å². The Morgan fingerprint density at radius 1 is 1.33 bits per heavy atom. The first-order valence-corrected chi connectivity index (χ1v) is 10.2. The van der Waals surface area contributed by atoms with Crippen LogP contribution in [0.25, 0.3) is 6.08 Å². The van der Waals surface area contributed by atoms with Gasteiger partial charge in [-0.15, -0.1) is 11.3 Å². The molecular weight excluding hydrogens is 358 g/mol. The molecule has 1 N–H and O–H groups in total. The fourth-order valence-corrected chi connectivity index (χ4v) is 4.09. The van der Waals surface area contributed by atoms with Crippen LogP contribution in [0.5, 0.6) is 5.75 Å². The molecule has 3 rings (SSSR count). The lowest BCUT2D eigenvalue weighted by molar-refractivity contribution is -0.111. The van der Waals surface area contributed by atoms with Crippen LogP contribution < -0.4 is 10.1 Å². The number of amides is 1. The van der Waals surface area contributed by atoms with Crippen LogP contribution in [0.2, 0.25) is 0 Å². The van der Waals surface area contributed by atoms with E-state index in [-0.39, 0.29) is 5.91 Å². The van der Waals surface area contributed by atoms with Crippen molar-refractivity contribution in [3.63, 3.8) is 0 Å². The van der Waals surface area contributed by atoms with Crippen molar-refractivity contribution in [1.82, 2.24) is 9.88 Å². The zero-order chi connectivity index (χ0) is 19.2. The lowest BCUT2D eigenvalue weighted by Crippen LogP contribution is -2.32. The summed E-state index contributed by atoms with van der Waals surface area (Å²) in [7, 11) is 1.63. The highest BCUT2D eigenvalue weighted by atomic mass is 32.1. The number of rotatable bonds is 6. The summed E-state index contributed by atoms with van der Waals surface area (Å²) in [5.41, 5.74) is 1.95. The molecule has 1 saturated heterocycles. The fraction of sp³-hybridized carbons (Fsp3) is 0.429. The summed E-state index contributed by atoms with van der Waals surface area (Å²) >= 11 is 1.57. The Kier molecular flexibility index (Phi) is 6.63. The van der Waals surface area contributed by atoms with E-state index in [1.807, 2.05) is 31.2 Å². The monoisotopic (exact) mass is 385 g/mol. The van der Waals surface area contributed by atoms with Gasteiger partial charge in [0.25, 0.3) is 0 Å². The number of methoxy groups -OCH3 is 1. The number of anilines is 1. The number of benzene rings is 1. The van der Waals surface area contributed by atoms with Gasteiger partial charge in [0.15, 0.2) is 5.13 Å². The summed E-state index contributed by atoms with van der Waals surface area (Å²) in [5.74, 6) is 1.46. The van der Waals surface area contributed by atoms with Crippen molar-refractivity contribution in [2.45, 2.75) is 33.2 Å². The Balaban J connectivity index is 1.55. The Bertz CT molecular complexity index is 790. The molecule has 0 aliphatic carbocycles. The molecule has 144 valence electrons. The van der Waals surface area contributed by atoms with E-state index in [4.69, 9.17) is 4.74 Å². The average Bonchev–Trinajstić information content (AvgIpc) is 3.01. The van der Waals surface area contributed by atoms with Crippen LogP contribution in [0.4, 0.5) is 5.13 Å². The van der Waals surface area contributed by atoms with Gasteiger partial charge in [-0.3, -0.25) is 15.0 Å². The van der Waals surface area contributed by atoms with Crippen LogP contribution in [-0.4, -0.2) is 36.0 Å². The molecule has 5 nitrogen and oxygen atoms in total. The van der Waals surface area contributed by atoms with E-state index in [9.17, 15) is 4.79 Å². The molecule has 2 aromatic rings. The lowest BCUT2D eigenvalue weighted by Gasteiger charge is -2.29. The average molecular weight is 386 g/mol. The van der Waals surface area contributed by atoms with Crippen molar-refractivity contribution < 1.29 is 9.53 Å². The summed E-state index contributed by atoms with van der Waals surface area (Å²) in [6.07, 6.45) is 5.84. The number of aromatic nitrogens is 1. The van der Waals surface area contributed by atoms with Gasteiger partial charge in [-0.2, -0.15) is 0 Å². The third kappa shape index (κ3) is 5.65. The van der Waals surface area contributed by atoms with Crippen LogP contribution in [0.3, 0.4) is 0 Å². The molecule has 0 atom stereocenters. The molecule has 0 bridgehead atoms. The molecule has 1 aliphatic heterocycles. The number of hydrogen-bond donors (Lipinski definition) is 1. The maximum atomic E-state index is 12.2. The summed E-state index contributed by atoms with van der Waals surface area (Å²) in [6, 6.07) is 7.56. The molecule has 0 saturated carbocycles. The predicted octanol–water partition coefficient (Wildman–Crippen LogP) is 4.34. The van der Waals surface area contributed by atoms with Gasteiger partial charge in [-0.05, 0) is 62.5 Å². The third-order valence-electron chi connectivity index (χ3n) is 4.91. The number of aryl methyl sites for hydroxylation is 1. The Hall–Kier alpha value is -2.18. The molecule has 0 spiro atoms. The summed E-state index contributed by atoms with van der Waals surface area (Å²) in [5, 5.41) is 3.54.